The van der Waals surface area contributed by atoms with Crippen LogP contribution >= 0.6 is 11.6 Å². The molecule has 0 spiro atoms. The zero-order chi connectivity index (χ0) is 31.6. The van der Waals surface area contributed by atoms with Crippen molar-refractivity contribution < 1.29 is 27.4 Å². The molecule has 44 heavy (non-hydrogen) atoms. The van der Waals surface area contributed by atoms with Crippen molar-refractivity contribution in [3.63, 3.8) is 0 Å². The average molecular weight is 629 g/mol. The summed E-state index contributed by atoms with van der Waals surface area (Å²) >= 11 is 6.31. The molecule has 14 heteroatoms. The summed E-state index contributed by atoms with van der Waals surface area (Å²) in [6.45, 7) is -1.06. The van der Waals surface area contributed by atoms with Crippen molar-refractivity contribution in [1.82, 2.24) is 24.1 Å². The van der Waals surface area contributed by atoms with E-state index < -0.39 is 30.2 Å². The fraction of sp³-hybridized carbons (Fsp3) is 0.267. The van der Waals surface area contributed by atoms with Crippen molar-refractivity contribution in [1.29, 1.82) is 0 Å². The first kappa shape index (κ1) is 30.8. The van der Waals surface area contributed by atoms with Gasteiger partial charge < -0.3 is 14.8 Å². The Balaban J connectivity index is 1.53. The van der Waals surface area contributed by atoms with Crippen LogP contribution < -0.4 is 15.6 Å². The lowest BCUT2D eigenvalue weighted by molar-refractivity contribution is -0.142. The number of aromatic nitrogens is 5. The Morgan fingerprint density at radius 2 is 1.84 bits per heavy atom. The van der Waals surface area contributed by atoms with E-state index in [9.17, 15) is 22.8 Å². The normalized spacial score (nSPS) is 12.4. The van der Waals surface area contributed by atoms with E-state index in [1.165, 1.54) is 43.4 Å². The molecule has 2 aromatic carbocycles. The number of fused-ring (bicyclic) bond motifs is 1. The fourth-order valence-electron chi connectivity index (χ4n) is 4.99. The van der Waals surface area contributed by atoms with Crippen molar-refractivity contribution in [3.8, 4) is 28.0 Å². The predicted octanol–water partition coefficient (Wildman–Crippen LogP) is 5.71. The summed E-state index contributed by atoms with van der Waals surface area (Å²) in [5, 5.41) is 12.2. The molecule has 1 amide bonds. The molecule has 0 fully saturated rings. The van der Waals surface area contributed by atoms with Gasteiger partial charge in [-0.15, -0.1) is 0 Å². The molecule has 3 aromatic heterocycles. The minimum atomic E-state index is -4.45. The van der Waals surface area contributed by atoms with E-state index in [2.05, 4.69) is 15.5 Å². The van der Waals surface area contributed by atoms with Crippen molar-refractivity contribution in [2.24, 2.45) is 7.05 Å². The van der Waals surface area contributed by atoms with E-state index in [0.29, 0.717) is 33.0 Å². The predicted molar refractivity (Wildman–Crippen MR) is 160 cm³/mol. The molecule has 0 aliphatic heterocycles. The minimum Gasteiger partial charge on any atom is -0.495 e. The number of halogens is 4. The average Bonchev–Trinajstić information content (AvgIpc) is 3.57. The van der Waals surface area contributed by atoms with Crippen molar-refractivity contribution in [2.75, 3.05) is 26.1 Å². The fourth-order valence-corrected chi connectivity index (χ4v) is 5.16. The molecule has 5 aromatic rings. The van der Waals surface area contributed by atoms with Crippen molar-refractivity contribution >= 4 is 34.1 Å². The van der Waals surface area contributed by atoms with E-state index >= 15 is 0 Å². The Morgan fingerprint density at radius 3 is 2.57 bits per heavy atom. The van der Waals surface area contributed by atoms with E-state index in [1.54, 1.807) is 48.1 Å². The highest BCUT2D eigenvalue weighted by Crippen LogP contribution is 2.38. The Kier molecular flexibility index (Phi) is 8.79. The monoisotopic (exact) mass is 628 g/mol. The summed E-state index contributed by atoms with van der Waals surface area (Å²) in [5.41, 5.74) is 2.43. The molecule has 1 atom stereocenters. The number of nitrogens with zero attached hydrogens (tertiary/aromatic N) is 5. The highest BCUT2D eigenvalue weighted by atomic mass is 35.5. The van der Waals surface area contributed by atoms with Crippen LogP contribution in [0.4, 0.5) is 18.9 Å². The smallest absolute Gasteiger partial charge is 0.408 e. The first-order valence-electron chi connectivity index (χ1n) is 13.4. The summed E-state index contributed by atoms with van der Waals surface area (Å²) in [5.74, 6) is -0.203. The summed E-state index contributed by atoms with van der Waals surface area (Å²) in [4.78, 5) is 27.2. The Bertz CT molecular complexity index is 1880. The van der Waals surface area contributed by atoms with Gasteiger partial charge in [0.15, 0.2) is 0 Å². The topological polar surface area (TPSA) is 105 Å². The van der Waals surface area contributed by atoms with E-state index in [4.69, 9.17) is 21.1 Å². The van der Waals surface area contributed by atoms with Gasteiger partial charge in [-0.2, -0.15) is 23.4 Å². The van der Waals surface area contributed by atoms with Gasteiger partial charge in [0.1, 0.15) is 18.3 Å². The Labute approximate surface area is 254 Å². The van der Waals surface area contributed by atoms with E-state index in [-0.39, 0.29) is 18.8 Å². The maximum atomic E-state index is 13.6. The molecule has 0 aliphatic carbocycles. The number of nitrogens with one attached hydrogen (secondary N) is 1. The minimum absolute atomic E-state index is 0.181. The van der Waals surface area contributed by atoms with E-state index in [1.807, 2.05) is 6.20 Å². The molecule has 0 saturated heterocycles. The van der Waals surface area contributed by atoms with Crippen LogP contribution in [-0.2, 0) is 23.1 Å². The first-order chi connectivity index (χ1) is 21.0. The molecule has 5 rings (SSSR count). The largest absolute Gasteiger partial charge is 0.495 e. The van der Waals surface area contributed by atoms with Crippen molar-refractivity contribution in [3.05, 3.63) is 82.6 Å². The van der Waals surface area contributed by atoms with Crippen LogP contribution in [0, 0.1) is 0 Å². The van der Waals surface area contributed by atoms with Gasteiger partial charge in [0.05, 0.1) is 25.0 Å². The zero-order valence-electron chi connectivity index (χ0n) is 23.9. The third-order valence-corrected chi connectivity index (χ3v) is 7.18. The molecular formula is C30H28ClF3N6O4. The highest BCUT2D eigenvalue weighted by Gasteiger charge is 2.29. The number of methoxy groups -OCH3 is 2. The quantitative estimate of drug-likeness (QED) is 0.213. The van der Waals surface area contributed by atoms with Gasteiger partial charge in [0.2, 0.25) is 5.91 Å². The molecule has 1 N–H and O–H groups in total. The summed E-state index contributed by atoms with van der Waals surface area (Å²) < 4.78 is 53.4. The number of anilines is 1. The number of aryl methyl sites for hydroxylation is 1. The Hall–Kier alpha value is -4.62. The lowest BCUT2D eigenvalue weighted by Crippen LogP contribution is -2.34. The second kappa shape index (κ2) is 12.5. The third-order valence-electron chi connectivity index (χ3n) is 6.94. The number of hydrogen-bond donors (Lipinski definition) is 1. The number of amides is 1. The lowest BCUT2D eigenvalue weighted by Gasteiger charge is -2.21. The standard InChI is InChI=1S/C30H28ClF3N6O4/c1-38-14-18-10-21(5-7-25(18)37-38)36-29(42)26(8-9-43-2)40-16-27(44-3)24(12-28(40)41)23-11-20(31)4-6-22(23)19-13-35-39(15-19)17-30(32,33)34/h4-7,10-16,26H,8-9,17H2,1-3H3,(H,36,42). The summed E-state index contributed by atoms with van der Waals surface area (Å²) in [6, 6.07) is 10.5. The van der Waals surface area contributed by atoms with Gasteiger partial charge in [-0.1, -0.05) is 17.7 Å². The van der Waals surface area contributed by atoms with Crippen LogP contribution in [-0.4, -0.2) is 57.0 Å². The van der Waals surface area contributed by atoms with Crippen LogP contribution in [0.25, 0.3) is 33.2 Å². The van der Waals surface area contributed by atoms with Gasteiger partial charge in [-0.25, -0.2) is 0 Å². The number of hydrogen-bond acceptors (Lipinski definition) is 6. The number of carbonyl (C=O) groups excluding carboxylic acids is 1. The molecule has 230 valence electrons. The number of carbonyl (C=O) groups is 1. The van der Waals surface area contributed by atoms with Crippen molar-refractivity contribution in [2.45, 2.75) is 25.2 Å². The number of alkyl halides is 3. The second-order valence-electron chi connectivity index (χ2n) is 10.1. The number of pyridine rings is 1. The third kappa shape index (κ3) is 6.79. The number of benzene rings is 2. The van der Waals surface area contributed by atoms with Crippen LogP contribution in [0.2, 0.25) is 5.02 Å². The van der Waals surface area contributed by atoms with Crippen LogP contribution in [0.1, 0.15) is 12.5 Å². The lowest BCUT2D eigenvalue weighted by atomic mass is 9.96. The van der Waals surface area contributed by atoms with Gasteiger partial charge in [-0.05, 0) is 41.5 Å². The van der Waals surface area contributed by atoms with Gasteiger partial charge >= 0.3 is 6.18 Å². The molecule has 0 saturated carbocycles. The number of rotatable bonds is 10. The summed E-state index contributed by atoms with van der Waals surface area (Å²) in [6.07, 6.45) is 1.56. The van der Waals surface area contributed by atoms with Gasteiger partial charge in [-0.3, -0.25) is 23.5 Å². The van der Waals surface area contributed by atoms with E-state index in [0.717, 1.165) is 15.6 Å². The molecule has 0 bridgehead atoms. The molecule has 0 radical (unpaired) electrons. The highest BCUT2D eigenvalue weighted by molar-refractivity contribution is 6.31. The molecule has 10 nitrogen and oxygen atoms in total. The number of ether oxygens (including phenoxy) is 2. The SMILES string of the molecule is COCCC(C(=O)Nc1ccc2nn(C)cc2c1)n1cc(OC)c(-c2cc(Cl)ccc2-c2cnn(CC(F)(F)F)c2)cc1=O. The maximum absolute atomic E-state index is 13.6. The van der Waals surface area contributed by atoms with Gasteiger partial charge in [0.25, 0.3) is 5.56 Å². The maximum Gasteiger partial charge on any atom is 0.408 e. The summed E-state index contributed by atoms with van der Waals surface area (Å²) in [7, 11) is 4.71. The van der Waals surface area contributed by atoms with Crippen LogP contribution in [0.5, 0.6) is 5.75 Å². The van der Waals surface area contributed by atoms with Gasteiger partial charge in [0, 0.05) is 72.9 Å². The molecular weight excluding hydrogens is 601 g/mol. The Morgan fingerprint density at radius 1 is 1.05 bits per heavy atom. The second-order valence-corrected chi connectivity index (χ2v) is 10.5. The van der Waals surface area contributed by atoms with Crippen LogP contribution in [0.3, 0.4) is 0 Å². The first-order valence-corrected chi connectivity index (χ1v) is 13.8. The molecule has 3 heterocycles. The zero-order valence-corrected chi connectivity index (χ0v) is 24.7. The molecule has 0 aliphatic rings. The molecule has 1 unspecified atom stereocenters. The van der Waals surface area contributed by atoms with Crippen LogP contribution in [0.15, 0.2) is 72.0 Å².